The number of amides is 1. The molecular weight excluding hydrogens is 525 g/mol. The Labute approximate surface area is 237 Å². The molecule has 0 saturated carbocycles. The Morgan fingerprint density at radius 2 is 1.59 bits per heavy atom. The normalized spacial score (nSPS) is 13.7. The van der Waals surface area contributed by atoms with Crippen molar-refractivity contribution in [2.24, 2.45) is 12.2 Å². The van der Waals surface area contributed by atoms with Crippen LogP contribution in [0, 0.1) is 12.7 Å². The van der Waals surface area contributed by atoms with E-state index in [1.165, 1.54) is 19.3 Å². The highest BCUT2D eigenvalue weighted by molar-refractivity contribution is 6.49. The summed E-state index contributed by atoms with van der Waals surface area (Å²) >= 11 is 0. The van der Waals surface area contributed by atoms with E-state index < -0.39 is 17.7 Å². The maximum Gasteiger partial charge on any atom is 0.332 e. The number of rotatable bonds is 7. The molecule has 210 valence electrons. The number of oxime groups is 1. The molecule has 4 aromatic rings. The molecule has 2 aromatic heterocycles. The minimum Gasteiger partial charge on any atom is -0.368 e. The van der Waals surface area contributed by atoms with E-state index in [0.717, 1.165) is 35.6 Å². The molecule has 1 fully saturated rings. The zero-order valence-corrected chi connectivity index (χ0v) is 23.0. The number of hydrogen-bond acceptors (Lipinski definition) is 8. The highest BCUT2D eigenvalue weighted by Crippen LogP contribution is 2.28. The number of carbonyl (C=O) groups is 2. The van der Waals surface area contributed by atoms with Crippen molar-refractivity contribution < 1.29 is 18.8 Å². The van der Waals surface area contributed by atoms with Gasteiger partial charge >= 0.3 is 5.97 Å². The number of hydrogen-bond donors (Lipinski definition) is 1. The number of carbonyl (C=O) groups excluding carboxylic acids is 2. The molecule has 0 radical (unpaired) electrons. The first kappa shape index (κ1) is 27.5. The van der Waals surface area contributed by atoms with Crippen molar-refractivity contribution in [3.05, 3.63) is 90.3 Å². The Kier molecular flexibility index (Phi) is 8.04. The van der Waals surface area contributed by atoms with Gasteiger partial charge in [0.2, 0.25) is 5.95 Å². The molecule has 1 N–H and O–H groups in total. The maximum atomic E-state index is 13.6. The number of nitrogens with one attached hydrogen (secondary N) is 1. The van der Waals surface area contributed by atoms with E-state index >= 15 is 0 Å². The van der Waals surface area contributed by atoms with Crippen LogP contribution < -0.4 is 15.1 Å². The summed E-state index contributed by atoms with van der Waals surface area (Å²) in [6.07, 6.45) is 2.34. The second kappa shape index (κ2) is 12.0. The van der Waals surface area contributed by atoms with E-state index in [0.29, 0.717) is 30.4 Å². The van der Waals surface area contributed by atoms with Crippen LogP contribution in [0.2, 0.25) is 0 Å². The van der Waals surface area contributed by atoms with Gasteiger partial charge in [-0.2, -0.15) is 0 Å². The molecule has 10 nitrogen and oxygen atoms in total. The lowest BCUT2D eigenvalue weighted by molar-refractivity contribution is -0.140. The van der Waals surface area contributed by atoms with Crippen molar-refractivity contribution in [1.29, 1.82) is 0 Å². The maximum absolute atomic E-state index is 13.6. The van der Waals surface area contributed by atoms with Crippen molar-refractivity contribution in [3.8, 4) is 11.1 Å². The quantitative estimate of drug-likeness (QED) is 0.207. The molecule has 5 rings (SSSR count). The van der Waals surface area contributed by atoms with Gasteiger partial charge in [-0.1, -0.05) is 35.5 Å². The van der Waals surface area contributed by atoms with Gasteiger partial charge in [0.05, 0.1) is 18.1 Å². The fraction of sp³-hybridized carbons (Fsp3) is 0.233. The zero-order valence-electron chi connectivity index (χ0n) is 23.0. The Morgan fingerprint density at radius 1 is 0.951 bits per heavy atom. The lowest BCUT2D eigenvalue weighted by Gasteiger charge is -2.36. The van der Waals surface area contributed by atoms with Gasteiger partial charge in [0.25, 0.3) is 5.91 Å². The number of aryl methyl sites for hydroxylation is 1. The van der Waals surface area contributed by atoms with E-state index in [4.69, 9.17) is 4.84 Å². The highest BCUT2D eigenvalue weighted by Gasteiger charge is 2.25. The molecule has 0 atom stereocenters. The van der Waals surface area contributed by atoms with Gasteiger partial charge in [-0.3, -0.25) is 4.79 Å². The molecule has 1 saturated heterocycles. The van der Waals surface area contributed by atoms with Crippen LogP contribution in [0.25, 0.3) is 11.1 Å². The first-order chi connectivity index (χ1) is 19.8. The van der Waals surface area contributed by atoms with Gasteiger partial charge in [-0.05, 0) is 42.8 Å². The van der Waals surface area contributed by atoms with Crippen molar-refractivity contribution in [2.75, 3.05) is 41.3 Å². The summed E-state index contributed by atoms with van der Waals surface area (Å²) in [6.45, 7) is 6.03. The molecule has 0 bridgehead atoms. The van der Waals surface area contributed by atoms with E-state index in [2.05, 4.69) is 25.3 Å². The van der Waals surface area contributed by atoms with Gasteiger partial charge in [-0.25, -0.2) is 19.2 Å². The highest BCUT2D eigenvalue weighted by atomic mass is 19.1. The number of anilines is 3. The molecule has 1 aliphatic rings. The molecule has 2 aromatic carbocycles. The molecule has 11 heteroatoms. The average Bonchev–Trinajstić information content (AvgIpc) is 3.28. The SMILES string of the molecule is CC(=O)ON=C(C(=O)Nc1ccc(N2CCN(c3ncc(F)cn3)CC2)cc1)c1c(-c2ccccc2)cc(C)n1C. The molecule has 0 unspecified atom stereocenters. The van der Waals surface area contributed by atoms with E-state index in [1.54, 1.807) is 0 Å². The number of halogens is 1. The molecule has 1 amide bonds. The number of benzene rings is 2. The lowest BCUT2D eigenvalue weighted by atomic mass is 10.0. The molecule has 3 heterocycles. The third-order valence-corrected chi connectivity index (χ3v) is 6.92. The zero-order chi connectivity index (χ0) is 28.9. The summed E-state index contributed by atoms with van der Waals surface area (Å²) in [6, 6.07) is 19.1. The van der Waals surface area contributed by atoms with Crippen LogP contribution in [0.4, 0.5) is 21.7 Å². The minimum absolute atomic E-state index is 0.0159. The monoisotopic (exact) mass is 555 g/mol. The van der Waals surface area contributed by atoms with Crippen LogP contribution in [0.1, 0.15) is 18.3 Å². The van der Waals surface area contributed by atoms with Gasteiger partial charge in [-0.15, -0.1) is 0 Å². The Balaban J connectivity index is 1.32. The van der Waals surface area contributed by atoms with Crippen LogP contribution in [-0.2, 0) is 21.5 Å². The molecule has 0 spiro atoms. The summed E-state index contributed by atoms with van der Waals surface area (Å²) in [7, 11) is 1.84. The minimum atomic E-state index is -0.627. The van der Waals surface area contributed by atoms with Crippen LogP contribution in [-0.4, -0.2) is 58.3 Å². The molecule has 1 aliphatic heterocycles. The average molecular weight is 556 g/mol. The third kappa shape index (κ3) is 6.24. The van der Waals surface area contributed by atoms with Crippen LogP contribution in [0.5, 0.6) is 0 Å². The third-order valence-electron chi connectivity index (χ3n) is 6.92. The summed E-state index contributed by atoms with van der Waals surface area (Å²) in [5.41, 5.74) is 4.71. The van der Waals surface area contributed by atoms with Crippen molar-refractivity contribution in [2.45, 2.75) is 13.8 Å². The molecule has 0 aliphatic carbocycles. The fourth-order valence-corrected chi connectivity index (χ4v) is 4.74. The second-order valence-electron chi connectivity index (χ2n) is 9.67. The van der Waals surface area contributed by atoms with Crippen LogP contribution in [0.3, 0.4) is 0 Å². The van der Waals surface area contributed by atoms with E-state index in [-0.39, 0.29) is 5.71 Å². The van der Waals surface area contributed by atoms with E-state index in [9.17, 15) is 14.0 Å². The molecule has 41 heavy (non-hydrogen) atoms. The lowest BCUT2D eigenvalue weighted by Crippen LogP contribution is -2.47. The van der Waals surface area contributed by atoms with Crippen molar-refractivity contribution in [1.82, 2.24) is 14.5 Å². The summed E-state index contributed by atoms with van der Waals surface area (Å²) in [5.74, 6) is -1.08. The van der Waals surface area contributed by atoms with E-state index in [1.807, 2.05) is 84.1 Å². The largest absolute Gasteiger partial charge is 0.368 e. The Bertz CT molecular complexity index is 1560. The first-order valence-corrected chi connectivity index (χ1v) is 13.2. The van der Waals surface area contributed by atoms with Gasteiger partial charge in [0, 0.05) is 62.8 Å². The fourth-order valence-electron chi connectivity index (χ4n) is 4.74. The van der Waals surface area contributed by atoms with Crippen LogP contribution >= 0.6 is 0 Å². The topological polar surface area (TPSA) is 105 Å². The molecular formula is C30H30FN7O3. The van der Waals surface area contributed by atoms with Gasteiger partial charge in [0.1, 0.15) is 0 Å². The summed E-state index contributed by atoms with van der Waals surface area (Å²) in [4.78, 5) is 42.5. The number of piperazine rings is 1. The summed E-state index contributed by atoms with van der Waals surface area (Å²) in [5, 5.41) is 6.86. The summed E-state index contributed by atoms with van der Waals surface area (Å²) < 4.78 is 15.0. The van der Waals surface area contributed by atoms with Crippen molar-refractivity contribution in [3.63, 3.8) is 0 Å². The second-order valence-corrected chi connectivity index (χ2v) is 9.67. The predicted molar refractivity (Wildman–Crippen MR) is 155 cm³/mol. The Morgan fingerprint density at radius 3 is 2.22 bits per heavy atom. The van der Waals surface area contributed by atoms with Gasteiger partial charge < -0.3 is 24.5 Å². The predicted octanol–water partition coefficient (Wildman–Crippen LogP) is 4.16. The van der Waals surface area contributed by atoms with Crippen molar-refractivity contribution >= 4 is 34.9 Å². The van der Waals surface area contributed by atoms with Gasteiger partial charge in [0.15, 0.2) is 11.5 Å². The first-order valence-electron chi connectivity index (χ1n) is 13.2. The van der Waals surface area contributed by atoms with Crippen LogP contribution in [0.15, 0.2) is 78.2 Å². The number of nitrogens with zero attached hydrogens (tertiary/aromatic N) is 6. The standard InChI is InChI=1S/C30H30FN7O3/c1-20-17-26(22-7-5-4-6-8-22)28(36(20)3)27(35-41-21(2)39)29(40)34-24-9-11-25(12-10-24)37-13-15-38(16-14-37)30-32-18-23(31)19-33-30/h4-12,17-19H,13-16H2,1-3H3,(H,34,40). The smallest absolute Gasteiger partial charge is 0.332 e. The number of aromatic nitrogens is 3. The Hall–Kier alpha value is -5.06.